The van der Waals surface area contributed by atoms with E-state index < -0.39 is 0 Å². The molecule has 0 aliphatic rings. The van der Waals surface area contributed by atoms with Gasteiger partial charge in [-0.3, -0.25) is 5.10 Å². The average molecular weight is 301 g/mol. The Morgan fingerprint density at radius 2 is 1.94 bits per heavy atom. The summed E-state index contributed by atoms with van der Waals surface area (Å²) >= 11 is 17.3. The predicted octanol–water partition coefficient (Wildman–Crippen LogP) is 5.04. The smallest absolute Gasteiger partial charge is 0.127 e. The number of hydrogen-bond acceptors (Lipinski definition) is 1. The standard InChI is InChI=1S/C13H14Cl2N2S/c1-8(2)5-9-6-13(18)17(16-9)10-3-4-11(14)12(15)7-10/h3-4,6-8,16H,5H2,1-2H3. The second kappa shape index (κ2) is 5.47. The van der Waals surface area contributed by atoms with Crippen LogP contribution in [0, 0.1) is 10.6 Å². The normalized spacial score (nSPS) is 11.2. The van der Waals surface area contributed by atoms with Crippen LogP contribution < -0.4 is 0 Å². The monoisotopic (exact) mass is 300 g/mol. The molecule has 0 aliphatic carbocycles. The molecule has 2 rings (SSSR count). The third-order valence-electron chi connectivity index (χ3n) is 2.56. The van der Waals surface area contributed by atoms with E-state index in [1.807, 2.05) is 16.8 Å². The molecule has 0 radical (unpaired) electrons. The zero-order valence-corrected chi connectivity index (χ0v) is 12.5. The highest BCUT2D eigenvalue weighted by molar-refractivity contribution is 7.71. The van der Waals surface area contributed by atoms with Crippen molar-refractivity contribution < 1.29 is 0 Å². The second-order valence-corrected chi connectivity index (χ2v) is 5.88. The summed E-state index contributed by atoms with van der Waals surface area (Å²) in [5, 5.41) is 4.35. The Balaban J connectivity index is 2.41. The summed E-state index contributed by atoms with van der Waals surface area (Å²) in [6, 6.07) is 7.44. The van der Waals surface area contributed by atoms with Gasteiger partial charge >= 0.3 is 0 Å². The van der Waals surface area contributed by atoms with Crippen LogP contribution in [0.5, 0.6) is 0 Å². The Bertz CT molecular complexity index is 614. The predicted molar refractivity (Wildman–Crippen MR) is 79.5 cm³/mol. The number of nitrogens with zero attached hydrogens (tertiary/aromatic N) is 1. The number of halogens is 2. The molecule has 0 aliphatic heterocycles. The molecule has 0 unspecified atom stereocenters. The second-order valence-electron chi connectivity index (χ2n) is 4.65. The van der Waals surface area contributed by atoms with Gasteiger partial charge in [-0.05, 0) is 36.6 Å². The summed E-state index contributed by atoms with van der Waals surface area (Å²) < 4.78 is 2.58. The summed E-state index contributed by atoms with van der Waals surface area (Å²) in [4.78, 5) is 0. The van der Waals surface area contributed by atoms with Crippen LogP contribution in [-0.2, 0) is 6.42 Å². The van der Waals surface area contributed by atoms with Gasteiger partial charge in [0.25, 0.3) is 0 Å². The van der Waals surface area contributed by atoms with Gasteiger partial charge in [0.05, 0.1) is 15.7 Å². The van der Waals surface area contributed by atoms with Gasteiger partial charge in [0.1, 0.15) is 4.64 Å². The van der Waals surface area contributed by atoms with Crippen LogP contribution in [-0.4, -0.2) is 9.78 Å². The summed E-state index contributed by atoms with van der Waals surface area (Å²) in [7, 11) is 0. The van der Waals surface area contributed by atoms with E-state index in [0.717, 1.165) is 22.4 Å². The van der Waals surface area contributed by atoms with Crippen molar-refractivity contribution in [1.29, 1.82) is 0 Å². The number of hydrogen-bond donors (Lipinski definition) is 1. The quantitative estimate of drug-likeness (QED) is 0.788. The zero-order valence-electron chi connectivity index (χ0n) is 10.2. The lowest BCUT2D eigenvalue weighted by atomic mass is 10.1. The van der Waals surface area contributed by atoms with Crippen LogP contribution in [0.3, 0.4) is 0 Å². The highest BCUT2D eigenvalue weighted by Crippen LogP contribution is 2.24. The molecule has 2 nitrogen and oxygen atoms in total. The van der Waals surface area contributed by atoms with Gasteiger partial charge in [0.2, 0.25) is 0 Å². The van der Waals surface area contributed by atoms with Crippen LogP contribution in [0.1, 0.15) is 19.5 Å². The number of aromatic nitrogens is 2. The number of rotatable bonds is 3. The van der Waals surface area contributed by atoms with Gasteiger partial charge in [-0.2, -0.15) is 0 Å². The van der Waals surface area contributed by atoms with E-state index in [0.29, 0.717) is 16.0 Å². The molecule has 0 fully saturated rings. The fraction of sp³-hybridized carbons (Fsp3) is 0.308. The van der Waals surface area contributed by atoms with Crippen molar-refractivity contribution >= 4 is 35.4 Å². The van der Waals surface area contributed by atoms with Crippen LogP contribution in [0.25, 0.3) is 5.69 Å². The molecule has 0 atom stereocenters. The molecule has 0 bridgehead atoms. The Morgan fingerprint density at radius 1 is 1.22 bits per heavy atom. The van der Waals surface area contributed by atoms with Crippen molar-refractivity contribution in [3.8, 4) is 5.69 Å². The number of nitrogens with one attached hydrogen (secondary N) is 1. The van der Waals surface area contributed by atoms with Crippen LogP contribution in [0.15, 0.2) is 24.3 Å². The van der Waals surface area contributed by atoms with Gasteiger partial charge in [0, 0.05) is 5.69 Å². The lowest BCUT2D eigenvalue weighted by molar-refractivity contribution is 0.628. The van der Waals surface area contributed by atoms with E-state index in [1.54, 1.807) is 12.1 Å². The maximum absolute atomic E-state index is 6.01. The first-order valence-corrected chi connectivity index (χ1v) is 6.90. The lowest BCUT2D eigenvalue weighted by Gasteiger charge is -2.05. The molecule has 1 aromatic carbocycles. The molecule has 0 saturated heterocycles. The van der Waals surface area contributed by atoms with Crippen LogP contribution in [0.4, 0.5) is 0 Å². The minimum Gasteiger partial charge on any atom is -0.297 e. The highest BCUT2D eigenvalue weighted by Gasteiger charge is 2.06. The van der Waals surface area contributed by atoms with Crippen molar-refractivity contribution in [2.75, 3.05) is 0 Å². The topological polar surface area (TPSA) is 20.7 Å². The van der Waals surface area contributed by atoms with Crippen molar-refractivity contribution in [1.82, 2.24) is 9.78 Å². The molecule has 0 amide bonds. The van der Waals surface area contributed by atoms with Crippen LogP contribution in [0.2, 0.25) is 10.0 Å². The van der Waals surface area contributed by atoms with Gasteiger partial charge in [0.15, 0.2) is 0 Å². The first-order valence-electron chi connectivity index (χ1n) is 5.73. The van der Waals surface area contributed by atoms with Crippen molar-refractivity contribution in [2.24, 2.45) is 5.92 Å². The van der Waals surface area contributed by atoms with Gasteiger partial charge < -0.3 is 0 Å². The van der Waals surface area contributed by atoms with E-state index in [2.05, 4.69) is 18.9 Å². The van der Waals surface area contributed by atoms with Crippen molar-refractivity contribution in [3.63, 3.8) is 0 Å². The molecule has 0 spiro atoms. The Kier molecular flexibility index (Phi) is 4.15. The van der Waals surface area contributed by atoms with E-state index in [4.69, 9.17) is 35.4 Å². The average Bonchev–Trinajstić information content (AvgIpc) is 2.62. The summed E-state index contributed by atoms with van der Waals surface area (Å²) in [6.07, 6.45) is 0.970. The third-order valence-corrected chi connectivity index (χ3v) is 3.60. The van der Waals surface area contributed by atoms with Gasteiger partial charge in [-0.25, -0.2) is 4.68 Å². The zero-order chi connectivity index (χ0) is 13.3. The highest BCUT2D eigenvalue weighted by atomic mass is 35.5. The SMILES string of the molecule is CC(C)Cc1cc(=S)n(-c2ccc(Cl)c(Cl)c2)[nH]1. The third kappa shape index (κ3) is 2.97. The number of H-pyrrole nitrogens is 1. The van der Waals surface area contributed by atoms with Gasteiger partial charge in [-0.1, -0.05) is 49.3 Å². The first-order chi connectivity index (χ1) is 8.47. The molecule has 1 heterocycles. The number of aromatic amines is 1. The fourth-order valence-corrected chi connectivity index (χ4v) is 2.39. The molecular formula is C13H14Cl2N2S. The van der Waals surface area contributed by atoms with Gasteiger partial charge in [-0.15, -0.1) is 0 Å². The molecule has 1 aromatic heterocycles. The van der Waals surface area contributed by atoms with Crippen molar-refractivity contribution in [2.45, 2.75) is 20.3 Å². The molecule has 1 N–H and O–H groups in total. The first kappa shape index (κ1) is 13.7. The summed E-state index contributed by atoms with van der Waals surface area (Å²) in [5.74, 6) is 0.584. The molecule has 5 heteroatoms. The van der Waals surface area contributed by atoms with E-state index in [9.17, 15) is 0 Å². The Morgan fingerprint density at radius 3 is 2.56 bits per heavy atom. The minimum atomic E-state index is 0.524. The Labute approximate surface area is 122 Å². The van der Waals surface area contributed by atoms with E-state index >= 15 is 0 Å². The molecule has 18 heavy (non-hydrogen) atoms. The minimum absolute atomic E-state index is 0.524. The molecule has 96 valence electrons. The maximum Gasteiger partial charge on any atom is 0.127 e. The van der Waals surface area contributed by atoms with Crippen molar-refractivity contribution in [3.05, 3.63) is 44.6 Å². The Hall–Kier alpha value is -0.770. The van der Waals surface area contributed by atoms with Crippen LogP contribution >= 0.6 is 35.4 Å². The van der Waals surface area contributed by atoms with E-state index in [-0.39, 0.29) is 0 Å². The largest absolute Gasteiger partial charge is 0.297 e. The lowest BCUT2D eigenvalue weighted by Crippen LogP contribution is -1.99. The molecular weight excluding hydrogens is 287 g/mol. The van der Waals surface area contributed by atoms with E-state index in [1.165, 1.54) is 0 Å². The summed E-state index contributed by atoms with van der Waals surface area (Å²) in [5.41, 5.74) is 2.02. The molecule has 0 saturated carbocycles. The maximum atomic E-state index is 6.01. The summed E-state index contributed by atoms with van der Waals surface area (Å²) in [6.45, 7) is 4.35. The fourth-order valence-electron chi connectivity index (χ4n) is 1.80. The molecule has 2 aromatic rings. The number of benzene rings is 1.